The highest BCUT2D eigenvalue weighted by molar-refractivity contribution is 7.78. The largest absolute Gasteiger partial charge is 0.377 e. The summed E-state index contributed by atoms with van der Waals surface area (Å²) < 4.78 is 20.6. The summed E-state index contributed by atoms with van der Waals surface area (Å²) in [6.45, 7) is 3.66. The van der Waals surface area contributed by atoms with E-state index < -0.39 is 0 Å². The van der Waals surface area contributed by atoms with Crippen LogP contribution in [0, 0.1) is 0 Å². The van der Waals surface area contributed by atoms with Gasteiger partial charge in [-0.15, -0.1) is 0 Å². The van der Waals surface area contributed by atoms with Crippen molar-refractivity contribution in [3.63, 3.8) is 0 Å². The molecule has 84 valence electrons. The molecule has 1 heterocycles. The maximum absolute atomic E-state index is 12.1. The standard InChI is InChI=1S/C9H19FN2OS/c10-3-6-12-5-2-9(1-4-11-14)13-8-7-12/h9,11,14H,1-8H2. The monoisotopic (exact) mass is 222 g/mol. The summed E-state index contributed by atoms with van der Waals surface area (Å²) in [5.41, 5.74) is 0. The first-order chi connectivity index (χ1) is 6.86. The number of ether oxygens (including phenoxy) is 1. The summed E-state index contributed by atoms with van der Waals surface area (Å²) in [4.78, 5) is 2.12. The fraction of sp³-hybridized carbons (Fsp3) is 1.00. The molecule has 0 amide bonds. The molecule has 0 bridgehead atoms. The fourth-order valence-electron chi connectivity index (χ4n) is 1.67. The van der Waals surface area contributed by atoms with E-state index in [-0.39, 0.29) is 6.67 Å². The Balaban J connectivity index is 2.19. The summed E-state index contributed by atoms with van der Waals surface area (Å²) in [6.07, 6.45) is 2.28. The van der Waals surface area contributed by atoms with E-state index in [4.69, 9.17) is 4.74 Å². The van der Waals surface area contributed by atoms with Crippen molar-refractivity contribution >= 4 is 12.8 Å². The number of nitrogens with one attached hydrogen (secondary N) is 1. The van der Waals surface area contributed by atoms with Crippen molar-refractivity contribution in [3.05, 3.63) is 0 Å². The highest BCUT2D eigenvalue weighted by Gasteiger charge is 2.16. The Morgan fingerprint density at radius 1 is 1.50 bits per heavy atom. The van der Waals surface area contributed by atoms with Crippen LogP contribution in [-0.2, 0) is 4.74 Å². The van der Waals surface area contributed by atoms with E-state index in [1.54, 1.807) is 0 Å². The quantitative estimate of drug-likeness (QED) is 0.675. The van der Waals surface area contributed by atoms with Gasteiger partial charge in [-0.05, 0) is 12.8 Å². The molecular weight excluding hydrogens is 203 g/mol. The molecule has 3 nitrogen and oxygen atoms in total. The average molecular weight is 222 g/mol. The zero-order chi connectivity index (χ0) is 10.2. The molecular formula is C9H19FN2OS. The second-order valence-corrected chi connectivity index (χ2v) is 3.83. The van der Waals surface area contributed by atoms with Crippen molar-refractivity contribution in [1.29, 1.82) is 0 Å². The van der Waals surface area contributed by atoms with Crippen molar-refractivity contribution < 1.29 is 9.13 Å². The van der Waals surface area contributed by atoms with Gasteiger partial charge in [-0.25, -0.2) is 4.39 Å². The lowest BCUT2D eigenvalue weighted by atomic mass is 10.2. The van der Waals surface area contributed by atoms with E-state index in [0.717, 1.165) is 39.1 Å². The zero-order valence-electron chi connectivity index (χ0n) is 8.41. The van der Waals surface area contributed by atoms with E-state index in [9.17, 15) is 4.39 Å². The molecule has 0 spiro atoms. The molecule has 1 atom stereocenters. The third-order valence-electron chi connectivity index (χ3n) is 2.51. The number of halogens is 1. The molecule has 0 radical (unpaired) electrons. The number of rotatable bonds is 5. The maximum atomic E-state index is 12.1. The van der Waals surface area contributed by atoms with Crippen LogP contribution in [0.2, 0.25) is 0 Å². The summed E-state index contributed by atoms with van der Waals surface area (Å²) >= 11 is 3.93. The molecule has 14 heavy (non-hydrogen) atoms. The molecule has 5 heteroatoms. The number of thiol groups is 1. The summed E-state index contributed by atoms with van der Waals surface area (Å²) in [5.74, 6) is 0. The molecule has 1 rings (SSSR count). The Kier molecular flexibility index (Phi) is 6.51. The van der Waals surface area contributed by atoms with Gasteiger partial charge in [-0.2, -0.15) is 0 Å². The predicted octanol–water partition coefficient (Wildman–Crippen LogP) is 0.871. The Morgan fingerprint density at radius 2 is 2.36 bits per heavy atom. The lowest BCUT2D eigenvalue weighted by Crippen LogP contribution is -2.28. The minimum absolute atomic E-state index is 0.261. The van der Waals surface area contributed by atoms with Gasteiger partial charge in [0.05, 0.1) is 12.7 Å². The van der Waals surface area contributed by atoms with Crippen LogP contribution < -0.4 is 4.72 Å². The Bertz CT molecular complexity index is 151. The first kappa shape index (κ1) is 12.2. The van der Waals surface area contributed by atoms with Crippen molar-refractivity contribution in [2.45, 2.75) is 18.9 Å². The molecule has 0 aromatic heterocycles. The van der Waals surface area contributed by atoms with Gasteiger partial charge >= 0.3 is 0 Å². The van der Waals surface area contributed by atoms with Crippen LogP contribution >= 0.6 is 12.8 Å². The summed E-state index contributed by atoms with van der Waals surface area (Å²) in [7, 11) is 0. The second kappa shape index (κ2) is 7.45. The second-order valence-electron chi connectivity index (χ2n) is 3.51. The van der Waals surface area contributed by atoms with E-state index in [0.29, 0.717) is 12.6 Å². The predicted molar refractivity (Wildman–Crippen MR) is 58.4 cm³/mol. The van der Waals surface area contributed by atoms with Crippen LogP contribution in [0.4, 0.5) is 4.39 Å². The SMILES string of the molecule is FCCN1CCOC(CCNS)CC1. The first-order valence-corrected chi connectivity index (χ1v) is 5.58. The molecule has 1 aliphatic rings. The highest BCUT2D eigenvalue weighted by Crippen LogP contribution is 2.09. The zero-order valence-corrected chi connectivity index (χ0v) is 9.31. The number of hydrogen-bond acceptors (Lipinski definition) is 4. The first-order valence-electron chi connectivity index (χ1n) is 5.13. The number of alkyl halides is 1. The maximum Gasteiger partial charge on any atom is 0.102 e. The summed E-state index contributed by atoms with van der Waals surface area (Å²) in [5, 5.41) is 0. The number of nitrogens with zero attached hydrogens (tertiary/aromatic N) is 1. The lowest BCUT2D eigenvalue weighted by molar-refractivity contribution is 0.0575. The van der Waals surface area contributed by atoms with Gasteiger partial charge in [0.1, 0.15) is 6.67 Å². The van der Waals surface area contributed by atoms with Crippen molar-refractivity contribution in [2.75, 3.05) is 39.5 Å². The topological polar surface area (TPSA) is 24.5 Å². The van der Waals surface area contributed by atoms with Crippen LogP contribution in [0.5, 0.6) is 0 Å². The average Bonchev–Trinajstić information content (AvgIpc) is 2.41. The van der Waals surface area contributed by atoms with Crippen LogP contribution in [0.15, 0.2) is 0 Å². The minimum atomic E-state index is -0.261. The van der Waals surface area contributed by atoms with Crippen molar-refractivity contribution in [2.24, 2.45) is 0 Å². The van der Waals surface area contributed by atoms with Crippen molar-refractivity contribution in [1.82, 2.24) is 9.62 Å². The molecule has 1 saturated heterocycles. The van der Waals surface area contributed by atoms with Gasteiger partial charge in [0.15, 0.2) is 0 Å². The third kappa shape index (κ3) is 4.59. The van der Waals surface area contributed by atoms with E-state index in [1.807, 2.05) is 0 Å². The normalized spacial score (nSPS) is 24.9. The van der Waals surface area contributed by atoms with Crippen molar-refractivity contribution in [3.8, 4) is 0 Å². The minimum Gasteiger partial charge on any atom is -0.377 e. The van der Waals surface area contributed by atoms with Gasteiger partial charge in [-0.1, -0.05) is 12.8 Å². The van der Waals surface area contributed by atoms with Gasteiger partial charge in [0.2, 0.25) is 0 Å². The van der Waals surface area contributed by atoms with Crippen LogP contribution in [0.1, 0.15) is 12.8 Å². The van der Waals surface area contributed by atoms with E-state index >= 15 is 0 Å². The molecule has 0 aromatic rings. The molecule has 1 unspecified atom stereocenters. The summed E-state index contributed by atoms with van der Waals surface area (Å²) in [6, 6.07) is 0. The molecule has 1 fully saturated rings. The lowest BCUT2D eigenvalue weighted by Gasteiger charge is -2.16. The number of hydrogen-bond donors (Lipinski definition) is 2. The van der Waals surface area contributed by atoms with E-state index in [2.05, 4.69) is 22.4 Å². The molecule has 0 saturated carbocycles. The van der Waals surface area contributed by atoms with Crippen LogP contribution in [-0.4, -0.2) is 50.5 Å². The van der Waals surface area contributed by atoms with Gasteiger partial charge in [-0.3, -0.25) is 9.62 Å². The Labute approximate surface area is 90.5 Å². The molecule has 0 aromatic carbocycles. The third-order valence-corrected chi connectivity index (χ3v) is 2.73. The van der Waals surface area contributed by atoms with Crippen LogP contribution in [0.3, 0.4) is 0 Å². The molecule has 1 N–H and O–H groups in total. The highest BCUT2D eigenvalue weighted by atomic mass is 32.1. The Morgan fingerprint density at radius 3 is 3.07 bits per heavy atom. The fourth-order valence-corrected chi connectivity index (χ4v) is 1.80. The molecule has 1 aliphatic heterocycles. The Hall–Kier alpha value is 0.160. The van der Waals surface area contributed by atoms with Gasteiger partial charge in [0.25, 0.3) is 0 Å². The van der Waals surface area contributed by atoms with Crippen LogP contribution in [0.25, 0.3) is 0 Å². The smallest absolute Gasteiger partial charge is 0.102 e. The van der Waals surface area contributed by atoms with E-state index in [1.165, 1.54) is 0 Å². The molecule has 0 aliphatic carbocycles. The van der Waals surface area contributed by atoms with Gasteiger partial charge < -0.3 is 4.74 Å². The van der Waals surface area contributed by atoms with Gasteiger partial charge in [0, 0.05) is 26.2 Å².